The highest BCUT2D eigenvalue weighted by atomic mass is 32.2. The maximum atomic E-state index is 11.9. The van der Waals surface area contributed by atoms with Crippen LogP contribution in [0.1, 0.15) is 37.0 Å². The van der Waals surface area contributed by atoms with E-state index in [1.807, 2.05) is 13.0 Å². The zero-order valence-electron chi connectivity index (χ0n) is 10.8. The van der Waals surface area contributed by atoms with Gasteiger partial charge < -0.3 is 10.4 Å². The van der Waals surface area contributed by atoms with Crippen molar-refractivity contribution in [3.05, 3.63) is 23.9 Å². The van der Waals surface area contributed by atoms with E-state index >= 15 is 0 Å². The minimum atomic E-state index is -0.129. The summed E-state index contributed by atoms with van der Waals surface area (Å²) in [5, 5.41) is 12.7. The Kier molecular flexibility index (Phi) is 6.75. The van der Waals surface area contributed by atoms with Crippen molar-refractivity contribution >= 4 is 17.7 Å². The van der Waals surface area contributed by atoms with Crippen LogP contribution in [0.5, 0.6) is 0 Å². The lowest BCUT2D eigenvalue weighted by Gasteiger charge is -2.15. The fraction of sp³-hybridized carbons (Fsp3) is 0.538. The van der Waals surface area contributed by atoms with E-state index < -0.39 is 0 Å². The zero-order chi connectivity index (χ0) is 13.4. The molecule has 18 heavy (non-hydrogen) atoms. The molecule has 0 bridgehead atoms. The average Bonchev–Trinajstić information content (AvgIpc) is 2.39. The van der Waals surface area contributed by atoms with Gasteiger partial charge in [0.25, 0.3) is 5.91 Å². The Hall–Kier alpha value is -1.07. The third-order valence-corrected chi connectivity index (χ3v) is 3.42. The molecule has 1 rings (SSSR count). The molecule has 1 atom stereocenters. The van der Waals surface area contributed by atoms with Gasteiger partial charge in [-0.3, -0.25) is 4.79 Å². The smallest absolute Gasteiger partial charge is 0.253 e. The first-order valence-corrected chi connectivity index (χ1v) is 7.20. The maximum Gasteiger partial charge on any atom is 0.253 e. The third kappa shape index (κ3) is 4.66. The monoisotopic (exact) mass is 268 g/mol. The van der Waals surface area contributed by atoms with Crippen molar-refractivity contribution in [3.8, 4) is 0 Å². The van der Waals surface area contributed by atoms with Crippen LogP contribution in [0.3, 0.4) is 0 Å². The van der Waals surface area contributed by atoms with Gasteiger partial charge in [-0.05, 0) is 30.7 Å². The molecule has 100 valence electrons. The summed E-state index contributed by atoms with van der Waals surface area (Å²) in [5.41, 5.74) is 0.562. The first-order chi connectivity index (χ1) is 8.71. The minimum absolute atomic E-state index is 0.0205. The van der Waals surface area contributed by atoms with Crippen molar-refractivity contribution in [2.75, 3.05) is 12.4 Å². The molecule has 2 N–H and O–H groups in total. The van der Waals surface area contributed by atoms with Gasteiger partial charge in [0, 0.05) is 18.8 Å². The number of carbonyl (C=O) groups is 1. The number of thioether (sulfide) groups is 1. The Labute approximate surface area is 112 Å². The summed E-state index contributed by atoms with van der Waals surface area (Å²) in [6.45, 7) is 4.14. The molecule has 0 radical (unpaired) electrons. The topological polar surface area (TPSA) is 62.2 Å². The molecule has 0 saturated carbocycles. The summed E-state index contributed by atoms with van der Waals surface area (Å²) >= 11 is 1.65. The van der Waals surface area contributed by atoms with Gasteiger partial charge >= 0.3 is 0 Å². The van der Waals surface area contributed by atoms with Crippen LogP contribution in [0.15, 0.2) is 23.4 Å². The van der Waals surface area contributed by atoms with Crippen molar-refractivity contribution < 1.29 is 9.90 Å². The van der Waals surface area contributed by atoms with Crippen LogP contribution in [0.25, 0.3) is 0 Å². The Morgan fingerprint density at radius 1 is 1.50 bits per heavy atom. The molecule has 1 aromatic heterocycles. The molecule has 5 heteroatoms. The standard InChI is InChI=1S/C13H20N2O2S/c1-3-11(7-8-16)15-13(17)10-5-6-12(14-9-10)18-4-2/h5-6,9,11,16H,3-4,7-8H2,1-2H3,(H,15,17). The van der Waals surface area contributed by atoms with E-state index in [1.54, 1.807) is 24.0 Å². The molecule has 0 fully saturated rings. The first-order valence-electron chi connectivity index (χ1n) is 6.21. The van der Waals surface area contributed by atoms with Gasteiger partial charge in [0.1, 0.15) is 0 Å². The van der Waals surface area contributed by atoms with Crippen molar-refractivity contribution in [1.29, 1.82) is 0 Å². The van der Waals surface area contributed by atoms with Crippen LogP contribution >= 0.6 is 11.8 Å². The van der Waals surface area contributed by atoms with Gasteiger partial charge in [-0.1, -0.05) is 13.8 Å². The predicted molar refractivity (Wildman–Crippen MR) is 73.9 cm³/mol. The quantitative estimate of drug-likeness (QED) is 0.743. The molecular formula is C13H20N2O2S. The molecule has 0 saturated heterocycles. The molecule has 1 unspecified atom stereocenters. The van der Waals surface area contributed by atoms with Crippen LogP contribution in [0.4, 0.5) is 0 Å². The number of hydrogen-bond donors (Lipinski definition) is 2. The van der Waals surface area contributed by atoms with Crippen LogP contribution < -0.4 is 5.32 Å². The van der Waals surface area contributed by atoms with Crippen LogP contribution in [0, 0.1) is 0 Å². The number of carbonyl (C=O) groups excluding carboxylic acids is 1. The summed E-state index contributed by atoms with van der Waals surface area (Å²) in [7, 11) is 0. The van der Waals surface area contributed by atoms with E-state index in [0.29, 0.717) is 12.0 Å². The normalized spacial score (nSPS) is 12.2. The number of amides is 1. The number of nitrogens with zero attached hydrogens (tertiary/aromatic N) is 1. The van der Waals surface area contributed by atoms with Crippen molar-refractivity contribution in [1.82, 2.24) is 10.3 Å². The molecule has 4 nitrogen and oxygen atoms in total. The summed E-state index contributed by atoms with van der Waals surface area (Å²) in [6, 6.07) is 3.66. The van der Waals surface area contributed by atoms with Gasteiger partial charge in [0.2, 0.25) is 0 Å². The molecule has 1 heterocycles. The molecule has 1 amide bonds. The average molecular weight is 268 g/mol. The third-order valence-electron chi connectivity index (χ3n) is 2.60. The number of pyridine rings is 1. The van der Waals surface area contributed by atoms with E-state index in [1.165, 1.54) is 0 Å². The lowest BCUT2D eigenvalue weighted by atomic mass is 10.1. The second-order valence-electron chi connectivity index (χ2n) is 3.91. The highest BCUT2D eigenvalue weighted by Crippen LogP contribution is 2.14. The number of aliphatic hydroxyl groups is 1. The number of aromatic nitrogens is 1. The molecule has 0 aromatic carbocycles. The summed E-state index contributed by atoms with van der Waals surface area (Å²) < 4.78 is 0. The van der Waals surface area contributed by atoms with E-state index in [4.69, 9.17) is 5.11 Å². The van der Waals surface area contributed by atoms with Crippen molar-refractivity contribution in [2.45, 2.75) is 37.8 Å². The molecule has 0 spiro atoms. The number of hydrogen-bond acceptors (Lipinski definition) is 4. The lowest BCUT2D eigenvalue weighted by Crippen LogP contribution is -2.35. The number of nitrogens with one attached hydrogen (secondary N) is 1. The predicted octanol–water partition coefficient (Wildman–Crippen LogP) is 2.08. The molecule has 0 aliphatic heterocycles. The SMILES string of the molecule is CCSc1ccc(C(=O)NC(CC)CCO)cn1. The van der Waals surface area contributed by atoms with Gasteiger partial charge in [-0.2, -0.15) is 0 Å². The van der Waals surface area contributed by atoms with Gasteiger partial charge in [0.05, 0.1) is 10.6 Å². The van der Waals surface area contributed by atoms with Crippen LogP contribution in [0.2, 0.25) is 0 Å². The molecule has 0 aliphatic carbocycles. The van der Waals surface area contributed by atoms with E-state index in [0.717, 1.165) is 17.2 Å². The highest BCUT2D eigenvalue weighted by Gasteiger charge is 2.11. The fourth-order valence-electron chi connectivity index (χ4n) is 1.55. The van der Waals surface area contributed by atoms with Crippen LogP contribution in [-0.2, 0) is 0 Å². The van der Waals surface area contributed by atoms with Gasteiger partial charge in [-0.15, -0.1) is 11.8 Å². The highest BCUT2D eigenvalue weighted by molar-refractivity contribution is 7.99. The molecule has 0 aliphatic rings. The Morgan fingerprint density at radius 3 is 2.78 bits per heavy atom. The summed E-state index contributed by atoms with van der Waals surface area (Å²) in [5.74, 6) is 0.836. The number of aliphatic hydroxyl groups excluding tert-OH is 1. The first kappa shape index (κ1) is 15.0. The molecule has 1 aromatic rings. The minimum Gasteiger partial charge on any atom is -0.396 e. The van der Waals surface area contributed by atoms with Crippen molar-refractivity contribution in [3.63, 3.8) is 0 Å². The van der Waals surface area contributed by atoms with E-state index in [-0.39, 0.29) is 18.6 Å². The summed E-state index contributed by atoms with van der Waals surface area (Å²) in [6.07, 6.45) is 2.99. The zero-order valence-corrected chi connectivity index (χ0v) is 11.7. The van der Waals surface area contributed by atoms with Gasteiger partial charge in [-0.25, -0.2) is 4.98 Å². The van der Waals surface area contributed by atoms with Crippen molar-refractivity contribution in [2.24, 2.45) is 0 Å². The second kappa shape index (κ2) is 8.11. The Morgan fingerprint density at radius 2 is 2.28 bits per heavy atom. The lowest BCUT2D eigenvalue weighted by molar-refractivity contribution is 0.0928. The van der Waals surface area contributed by atoms with Crippen LogP contribution in [-0.4, -0.2) is 34.4 Å². The Balaban J connectivity index is 2.60. The van der Waals surface area contributed by atoms with E-state index in [9.17, 15) is 4.79 Å². The Bertz CT molecular complexity index is 368. The summed E-state index contributed by atoms with van der Waals surface area (Å²) in [4.78, 5) is 16.1. The maximum absolute atomic E-state index is 11.9. The second-order valence-corrected chi connectivity index (χ2v) is 5.19. The number of rotatable bonds is 7. The molecular weight excluding hydrogens is 248 g/mol. The largest absolute Gasteiger partial charge is 0.396 e. The fourth-order valence-corrected chi connectivity index (χ4v) is 2.14. The van der Waals surface area contributed by atoms with Gasteiger partial charge in [0.15, 0.2) is 0 Å². The van der Waals surface area contributed by atoms with E-state index in [2.05, 4.69) is 17.2 Å².